The molecule has 0 atom stereocenters. The van der Waals surface area contributed by atoms with Gasteiger partial charge in [0.2, 0.25) is 0 Å². The predicted molar refractivity (Wildman–Crippen MR) is 125 cm³/mol. The average molecular weight is 456 g/mol. The smallest absolute Gasteiger partial charge is 0.290 e. The van der Waals surface area contributed by atoms with Crippen molar-refractivity contribution < 1.29 is 28.5 Å². The summed E-state index contributed by atoms with van der Waals surface area (Å²) in [6, 6.07) is 11.1. The minimum Gasteiger partial charge on any atom is -0.493 e. The lowest BCUT2D eigenvalue weighted by Gasteiger charge is -2.14. The first-order valence-corrected chi connectivity index (χ1v) is 10.9. The quantitative estimate of drug-likeness (QED) is 0.301. The van der Waals surface area contributed by atoms with Gasteiger partial charge in [-0.05, 0) is 66.6 Å². The van der Waals surface area contributed by atoms with Crippen LogP contribution in [0.15, 0.2) is 54.0 Å². The van der Waals surface area contributed by atoms with Crippen LogP contribution in [0.1, 0.15) is 18.1 Å². The average Bonchev–Trinajstić information content (AvgIpc) is 3.10. The van der Waals surface area contributed by atoms with Crippen LogP contribution < -0.4 is 24.3 Å². The normalized spacial score (nSPS) is 14.2. The lowest BCUT2D eigenvalue weighted by Crippen LogP contribution is -2.17. The number of hydrogen-bond acceptors (Lipinski definition) is 7. The van der Waals surface area contributed by atoms with Crippen LogP contribution >= 0.6 is 11.8 Å². The van der Waals surface area contributed by atoms with E-state index in [0.29, 0.717) is 47.7 Å². The number of carbonyl (C=O) groups is 2. The summed E-state index contributed by atoms with van der Waals surface area (Å²) in [5.74, 6) is 2.00. The largest absolute Gasteiger partial charge is 0.493 e. The van der Waals surface area contributed by atoms with Crippen molar-refractivity contribution in [3.8, 4) is 23.0 Å². The minimum absolute atomic E-state index is 0.296. The fourth-order valence-corrected chi connectivity index (χ4v) is 3.68. The molecule has 1 N–H and O–H groups in total. The van der Waals surface area contributed by atoms with Crippen LogP contribution in [-0.4, -0.2) is 38.1 Å². The van der Waals surface area contributed by atoms with E-state index in [0.717, 1.165) is 29.3 Å². The second-order valence-electron chi connectivity index (χ2n) is 6.67. The Labute approximate surface area is 191 Å². The number of ether oxygens (including phenoxy) is 4. The molecule has 0 aromatic heterocycles. The molecule has 2 amide bonds. The number of carbonyl (C=O) groups excluding carboxylic acids is 2. The molecule has 0 spiro atoms. The maximum absolute atomic E-state index is 11.8. The highest BCUT2D eigenvalue weighted by atomic mass is 32.2. The molecular formula is C24H25NO6S. The molecule has 3 rings (SSSR count). The Balaban J connectivity index is 1.62. The molecule has 0 aliphatic carbocycles. The summed E-state index contributed by atoms with van der Waals surface area (Å²) in [6.45, 7) is 6.68. The predicted octanol–water partition coefficient (Wildman–Crippen LogP) is 4.60. The third-order valence-corrected chi connectivity index (χ3v) is 5.22. The van der Waals surface area contributed by atoms with Gasteiger partial charge in [-0.3, -0.25) is 14.9 Å². The van der Waals surface area contributed by atoms with Crippen molar-refractivity contribution >= 4 is 29.0 Å². The summed E-state index contributed by atoms with van der Waals surface area (Å²) < 4.78 is 22.7. The molecule has 8 heteroatoms. The van der Waals surface area contributed by atoms with Gasteiger partial charge in [0.25, 0.3) is 11.1 Å². The molecule has 0 saturated carbocycles. The van der Waals surface area contributed by atoms with Gasteiger partial charge >= 0.3 is 0 Å². The highest BCUT2D eigenvalue weighted by Gasteiger charge is 2.25. The number of rotatable bonds is 11. The first-order chi connectivity index (χ1) is 15.5. The Hall–Kier alpha value is -3.39. The molecule has 1 heterocycles. The Bertz CT molecular complexity index is 1030. The Morgan fingerprint density at radius 3 is 2.31 bits per heavy atom. The van der Waals surface area contributed by atoms with E-state index in [1.165, 1.54) is 0 Å². The zero-order valence-corrected chi connectivity index (χ0v) is 18.8. The van der Waals surface area contributed by atoms with Crippen molar-refractivity contribution in [2.24, 2.45) is 0 Å². The SMILES string of the molecule is C=CCc1ccc(OCCOc2ccc(/C=C3\SC(=O)NC3=O)cc2OCC)c(OC)c1. The molecule has 1 fully saturated rings. The number of allylic oxidation sites excluding steroid dienone is 1. The van der Waals surface area contributed by atoms with E-state index >= 15 is 0 Å². The van der Waals surface area contributed by atoms with Gasteiger partial charge in [-0.25, -0.2) is 0 Å². The maximum atomic E-state index is 11.8. The Kier molecular flexibility index (Phi) is 8.21. The summed E-state index contributed by atoms with van der Waals surface area (Å²) in [6.07, 6.45) is 4.23. The number of thioether (sulfide) groups is 1. The first-order valence-electron chi connectivity index (χ1n) is 10.1. The van der Waals surface area contributed by atoms with Crippen LogP contribution in [0.5, 0.6) is 23.0 Å². The molecule has 1 aliphatic rings. The number of imide groups is 1. The van der Waals surface area contributed by atoms with Crippen molar-refractivity contribution in [2.45, 2.75) is 13.3 Å². The second kappa shape index (κ2) is 11.3. The third-order valence-electron chi connectivity index (χ3n) is 4.41. The Morgan fingerprint density at radius 2 is 1.69 bits per heavy atom. The molecule has 0 bridgehead atoms. The minimum atomic E-state index is -0.400. The molecule has 2 aromatic rings. The van der Waals surface area contributed by atoms with Gasteiger partial charge in [0.1, 0.15) is 13.2 Å². The molecule has 1 aliphatic heterocycles. The summed E-state index contributed by atoms with van der Waals surface area (Å²) in [5.41, 5.74) is 1.82. The van der Waals surface area contributed by atoms with E-state index in [2.05, 4.69) is 11.9 Å². The molecule has 1 saturated heterocycles. The van der Waals surface area contributed by atoms with Crippen LogP contribution in [-0.2, 0) is 11.2 Å². The van der Waals surface area contributed by atoms with Crippen molar-refractivity contribution in [3.63, 3.8) is 0 Å². The van der Waals surface area contributed by atoms with E-state index in [4.69, 9.17) is 18.9 Å². The number of hydrogen-bond donors (Lipinski definition) is 1. The standard InChI is InChI=1S/C24H25NO6S/c1-4-6-16-7-9-18(20(13-16)28-3)30-11-12-31-19-10-8-17(14-21(19)29-5-2)15-22-23(26)25-24(27)32-22/h4,7-10,13-15H,1,5-6,11-12H2,2-3H3,(H,25,26,27)/b22-15-. The monoisotopic (exact) mass is 455 g/mol. The van der Waals surface area contributed by atoms with Crippen molar-refractivity contribution in [1.82, 2.24) is 5.32 Å². The van der Waals surface area contributed by atoms with Gasteiger partial charge in [-0.2, -0.15) is 0 Å². The van der Waals surface area contributed by atoms with Gasteiger partial charge in [-0.15, -0.1) is 6.58 Å². The summed E-state index contributed by atoms with van der Waals surface area (Å²) in [5, 5.41) is 1.86. The van der Waals surface area contributed by atoms with Crippen LogP contribution in [0.25, 0.3) is 6.08 Å². The van der Waals surface area contributed by atoms with Crippen molar-refractivity contribution in [1.29, 1.82) is 0 Å². The molecular weight excluding hydrogens is 430 g/mol. The van der Waals surface area contributed by atoms with Crippen LogP contribution in [0, 0.1) is 0 Å². The van der Waals surface area contributed by atoms with Crippen molar-refractivity contribution in [2.75, 3.05) is 26.9 Å². The number of benzene rings is 2. The highest BCUT2D eigenvalue weighted by molar-refractivity contribution is 8.18. The van der Waals surface area contributed by atoms with Crippen LogP contribution in [0.4, 0.5) is 4.79 Å². The van der Waals surface area contributed by atoms with E-state index in [1.54, 1.807) is 31.4 Å². The van der Waals surface area contributed by atoms with Gasteiger partial charge in [0.15, 0.2) is 23.0 Å². The number of methoxy groups -OCH3 is 1. The molecule has 7 nitrogen and oxygen atoms in total. The van der Waals surface area contributed by atoms with Crippen LogP contribution in [0.2, 0.25) is 0 Å². The van der Waals surface area contributed by atoms with E-state index < -0.39 is 5.91 Å². The molecule has 32 heavy (non-hydrogen) atoms. The molecule has 0 unspecified atom stereocenters. The molecule has 2 aromatic carbocycles. The summed E-state index contributed by atoms with van der Waals surface area (Å²) in [4.78, 5) is 23.4. The summed E-state index contributed by atoms with van der Waals surface area (Å²) in [7, 11) is 1.60. The highest BCUT2D eigenvalue weighted by Crippen LogP contribution is 2.32. The fourth-order valence-electron chi connectivity index (χ4n) is 3.00. The van der Waals surface area contributed by atoms with Crippen molar-refractivity contribution in [3.05, 3.63) is 65.1 Å². The lowest BCUT2D eigenvalue weighted by atomic mass is 10.1. The summed E-state index contributed by atoms with van der Waals surface area (Å²) >= 11 is 0.871. The zero-order valence-electron chi connectivity index (χ0n) is 18.0. The fraction of sp³-hybridized carbons (Fsp3) is 0.250. The zero-order chi connectivity index (χ0) is 22.9. The lowest BCUT2D eigenvalue weighted by molar-refractivity contribution is -0.115. The van der Waals surface area contributed by atoms with Gasteiger partial charge < -0.3 is 18.9 Å². The van der Waals surface area contributed by atoms with Gasteiger partial charge in [0, 0.05) is 0 Å². The number of amides is 2. The van der Waals surface area contributed by atoms with Gasteiger partial charge in [0.05, 0.1) is 18.6 Å². The maximum Gasteiger partial charge on any atom is 0.290 e. The number of nitrogens with one attached hydrogen (secondary N) is 1. The van der Waals surface area contributed by atoms with E-state index in [9.17, 15) is 9.59 Å². The molecule has 0 radical (unpaired) electrons. The Morgan fingerprint density at radius 1 is 0.969 bits per heavy atom. The van der Waals surface area contributed by atoms with Crippen LogP contribution in [0.3, 0.4) is 0 Å². The first kappa shape index (κ1) is 23.3. The topological polar surface area (TPSA) is 83.1 Å². The van der Waals surface area contributed by atoms with E-state index in [1.807, 2.05) is 31.2 Å². The third kappa shape index (κ3) is 6.07. The van der Waals surface area contributed by atoms with Gasteiger partial charge in [-0.1, -0.05) is 18.2 Å². The van der Waals surface area contributed by atoms with E-state index in [-0.39, 0.29) is 5.24 Å². The second-order valence-corrected chi connectivity index (χ2v) is 7.68. The molecule has 168 valence electrons.